The highest BCUT2D eigenvalue weighted by atomic mass is 32.2. The number of nitrogens with one attached hydrogen (secondary N) is 1. The molecule has 3 aliphatic heterocycles. The minimum absolute atomic E-state index is 0.0428. The van der Waals surface area contributed by atoms with Crippen LogP contribution in [0.2, 0.25) is 0 Å². The molecule has 2 fully saturated rings. The molecule has 31 heavy (non-hydrogen) atoms. The van der Waals surface area contributed by atoms with Crippen LogP contribution in [0.5, 0.6) is 0 Å². The summed E-state index contributed by atoms with van der Waals surface area (Å²) in [5.74, 6) is -1.62. The zero-order valence-corrected chi connectivity index (χ0v) is 17.5. The van der Waals surface area contributed by atoms with E-state index in [9.17, 15) is 29.6 Å². The summed E-state index contributed by atoms with van der Waals surface area (Å²) in [5, 5.41) is 23.4. The van der Waals surface area contributed by atoms with Gasteiger partial charge in [-0.25, -0.2) is 4.79 Å². The molecule has 0 spiro atoms. The number of aliphatic hydroxyl groups is 1. The van der Waals surface area contributed by atoms with Crippen molar-refractivity contribution in [2.24, 2.45) is 5.92 Å². The number of aliphatic hydroxyl groups excluding tert-OH is 1. The average molecular weight is 447 g/mol. The Bertz CT molecular complexity index is 975. The number of hydrogen-bond donors (Lipinski definition) is 2. The molecule has 164 valence electrons. The SMILES string of the molecule is C[C@@H](O)[C@H]1C(=O)N2C(C(=O)OCc3ccc([N+](=O)[O-])cc3)=C(S[C@H]3CNC(=O)C3)C[C@H]12. The van der Waals surface area contributed by atoms with Crippen molar-refractivity contribution < 1.29 is 29.2 Å². The fraction of sp³-hybridized carbons (Fsp3) is 0.450. The highest BCUT2D eigenvalue weighted by Crippen LogP contribution is 2.48. The van der Waals surface area contributed by atoms with E-state index in [2.05, 4.69) is 5.32 Å². The highest BCUT2D eigenvalue weighted by molar-refractivity contribution is 8.03. The molecule has 4 atom stereocenters. The maximum atomic E-state index is 12.9. The van der Waals surface area contributed by atoms with Gasteiger partial charge in [0, 0.05) is 41.7 Å². The summed E-state index contributed by atoms with van der Waals surface area (Å²) < 4.78 is 5.41. The van der Waals surface area contributed by atoms with E-state index in [-0.39, 0.29) is 41.1 Å². The fourth-order valence-electron chi connectivity index (χ4n) is 4.12. The van der Waals surface area contributed by atoms with Gasteiger partial charge in [0.25, 0.3) is 5.69 Å². The second-order valence-corrected chi connectivity index (χ2v) is 9.16. The Morgan fingerprint density at radius 3 is 2.65 bits per heavy atom. The molecule has 1 aromatic rings. The number of β-lactam (4-membered cyclic amide) rings is 1. The quantitative estimate of drug-likeness (QED) is 0.274. The third-order valence-electron chi connectivity index (χ3n) is 5.65. The number of thioether (sulfide) groups is 1. The number of esters is 1. The van der Waals surface area contributed by atoms with Crippen LogP contribution < -0.4 is 5.32 Å². The Hall–Kier alpha value is -2.92. The molecule has 0 aliphatic carbocycles. The van der Waals surface area contributed by atoms with Crippen LogP contribution in [-0.4, -0.2) is 56.7 Å². The Morgan fingerprint density at radius 1 is 1.35 bits per heavy atom. The lowest BCUT2D eigenvalue weighted by Crippen LogP contribution is -2.61. The molecule has 3 aliphatic rings. The molecule has 0 bridgehead atoms. The zero-order chi connectivity index (χ0) is 22.3. The first-order chi connectivity index (χ1) is 14.8. The van der Waals surface area contributed by atoms with Crippen molar-refractivity contribution >= 4 is 35.2 Å². The summed E-state index contributed by atoms with van der Waals surface area (Å²) in [6.45, 7) is 1.93. The van der Waals surface area contributed by atoms with E-state index in [1.165, 1.54) is 40.9 Å². The third kappa shape index (κ3) is 4.02. The first-order valence-electron chi connectivity index (χ1n) is 9.84. The highest BCUT2D eigenvalue weighted by Gasteiger charge is 2.57. The predicted octanol–water partition coefficient (Wildman–Crippen LogP) is 1.08. The van der Waals surface area contributed by atoms with Crippen LogP contribution in [0.1, 0.15) is 25.3 Å². The van der Waals surface area contributed by atoms with Crippen molar-refractivity contribution in [3.63, 3.8) is 0 Å². The van der Waals surface area contributed by atoms with Crippen LogP contribution in [-0.2, 0) is 25.7 Å². The number of carbonyl (C=O) groups excluding carboxylic acids is 3. The van der Waals surface area contributed by atoms with Gasteiger partial charge in [-0.05, 0) is 24.6 Å². The molecular formula is C20H21N3O7S. The fourth-order valence-corrected chi connectivity index (χ4v) is 5.48. The van der Waals surface area contributed by atoms with Gasteiger partial charge in [0.15, 0.2) is 0 Å². The number of rotatable bonds is 7. The van der Waals surface area contributed by atoms with E-state index in [1.807, 2.05) is 0 Å². The summed E-state index contributed by atoms with van der Waals surface area (Å²) in [5.41, 5.74) is 0.675. The summed E-state index contributed by atoms with van der Waals surface area (Å²) in [6, 6.07) is 5.35. The van der Waals surface area contributed by atoms with Crippen LogP contribution in [0, 0.1) is 16.0 Å². The monoisotopic (exact) mass is 447 g/mol. The van der Waals surface area contributed by atoms with Crippen molar-refractivity contribution in [1.82, 2.24) is 10.2 Å². The topological polar surface area (TPSA) is 139 Å². The molecule has 1 aromatic carbocycles. The molecule has 4 rings (SSSR count). The molecule has 10 nitrogen and oxygen atoms in total. The molecule has 0 aromatic heterocycles. The molecule has 2 amide bonds. The van der Waals surface area contributed by atoms with Gasteiger partial charge in [-0.2, -0.15) is 0 Å². The summed E-state index contributed by atoms with van der Waals surface area (Å²) in [6.07, 6.45) is -0.0682. The summed E-state index contributed by atoms with van der Waals surface area (Å²) in [4.78, 5) is 49.4. The summed E-state index contributed by atoms with van der Waals surface area (Å²) in [7, 11) is 0. The van der Waals surface area contributed by atoms with Gasteiger partial charge in [-0.15, -0.1) is 11.8 Å². The molecular weight excluding hydrogens is 426 g/mol. The van der Waals surface area contributed by atoms with Gasteiger partial charge in [0.1, 0.15) is 12.3 Å². The van der Waals surface area contributed by atoms with Crippen molar-refractivity contribution in [2.45, 2.75) is 43.8 Å². The molecule has 2 saturated heterocycles. The van der Waals surface area contributed by atoms with E-state index in [1.54, 1.807) is 6.92 Å². The van der Waals surface area contributed by atoms with Gasteiger partial charge in [0.05, 0.1) is 23.0 Å². The first kappa shape index (κ1) is 21.3. The van der Waals surface area contributed by atoms with E-state index in [0.29, 0.717) is 29.9 Å². The Morgan fingerprint density at radius 2 is 2.06 bits per heavy atom. The number of nitrogens with zero attached hydrogens (tertiary/aromatic N) is 2. The van der Waals surface area contributed by atoms with E-state index in [0.717, 1.165) is 0 Å². The minimum atomic E-state index is -0.829. The lowest BCUT2D eigenvalue weighted by molar-refractivity contribution is -0.384. The van der Waals surface area contributed by atoms with Gasteiger partial charge in [0.2, 0.25) is 11.8 Å². The summed E-state index contributed by atoms with van der Waals surface area (Å²) >= 11 is 1.39. The number of nitro benzene ring substituents is 1. The predicted molar refractivity (Wildman–Crippen MR) is 109 cm³/mol. The lowest BCUT2D eigenvalue weighted by atomic mass is 9.83. The van der Waals surface area contributed by atoms with Crippen molar-refractivity contribution in [1.29, 1.82) is 0 Å². The lowest BCUT2D eigenvalue weighted by Gasteiger charge is -2.44. The molecule has 11 heteroatoms. The van der Waals surface area contributed by atoms with Crippen LogP contribution in [0.25, 0.3) is 0 Å². The number of carbonyl (C=O) groups is 3. The molecule has 3 heterocycles. The Balaban J connectivity index is 1.50. The first-order valence-corrected chi connectivity index (χ1v) is 10.7. The Kier molecular flexibility index (Phi) is 5.71. The van der Waals surface area contributed by atoms with Crippen LogP contribution >= 0.6 is 11.8 Å². The van der Waals surface area contributed by atoms with Gasteiger partial charge in [-0.3, -0.25) is 19.7 Å². The van der Waals surface area contributed by atoms with Gasteiger partial charge >= 0.3 is 5.97 Å². The number of ether oxygens (including phenoxy) is 1. The van der Waals surface area contributed by atoms with Crippen LogP contribution in [0.3, 0.4) is 0 Å². The molecule has 0 unspecified atom stereocenters. The second-order valence-electron chi connectivity index (χ2n) is 7.77. The van der Waals surface area contributed by atoms with E-state index >= 15 is 0 Å². The molecule has 0 saturated carbocycles. The standard InChI is InChI=1S/C20H21N3O7S/c1-10(24)17-14-7-15(31-13-6-16(25)21-8-13)18(22(14)19(17)26)20(27)30-9-11-2-4-12(5-3-11)23(28)29/h2-5,10,13-14,17,24H,6-9H2,1H3,(H,21,25)/t10-,13-,14-,17-/m1/s1. The van der Waals surface area contributed by atoms with Crippen LogP contribution in [0.4, 0.5) is 5.69 Å². The number of amides is 2. The van der Waals surface area contributed by atoms with Crippen molar-refractivity contribution in [3.8, 4) is 0 Å². The van der Waals surface area contributed by atoms with Crippen LogP contribution in [0.15, 0.2) is 34.9 Å². The third-order valence-corrected chi connectivity index (χ3v) is 6.96. The average Bonchev–Trinajstić information content (AvgIpc) is 3.27. The molecule has 2 N–H and O–H groups in total. The van der Waals surface area contributed by atoms with Gasteiger partial charge in [-0.1, -0.05) is 0 Å². The number of hydrogen-bond acceptors (Lipinski definition) is 8. The van der Waals surface area contributed by atoms with Crippen molar-refractivity contribution in [2.75, 3.05) is 6.54 Å². The normalized spacial score (nSPS) is 25.7. The van der Waals surface area contributed by atoms with Gasteiger partial charge < -0.3 is 20.1 Å². The van der Waals surface area contributed by atoms with Crippen molar-refractivity contribution in [3.05, 3.63) is 50.5 Å². The smallest absolute Gasteiger partial charge is 0.356 e. The number of benzene rings is 1. The largest absolute Gasteiger partial charge is 0.456 e. The maximum Gasteiger partial charge on any atom is 0.356 e. The Labute approximate surface area is 181 Å². The number of fused-ring (bicyclic) bond motifs is 1. The number of non-ortho nitro benzene ring substituents is 1. The number of nitro groups is 1. The minimum Gasteiger partial charge on any atom is -0.456 e. The zero-order valence-electron chi connectivity index (χ0n) is 16.6. The van der Waals surface area contributed by atoms with E-state index < -0.39 is 22.9 Å². The second kappa shape index (κ2) is 8.31. The maximum absolute atomic E-state index is 12.9. The molecule has 0 radical (unpaired) electrons. The van der Waals surface area contributed by atoms with E-state index in [4.69, 9.17) is 4.74 Å².